The fraction of sp³-hybridized carbons (Fsp3) is 0.562. The fourth-order valence-electron chi connectivity index (χ4n) is 3.42. The van der Waals surface area contributed by atoms with E-state index in [2.05, 4.69) is 11.8 Å². The lowest BCUT2D eigenvalue weighted by molar-refractivity contribution is 0.0395. The molecule has 0 saturated carbocycles. The van der Waals surface area contributed by atoms with E-state index < -0.39 is 0 Å². The van der Waals surface area contributed by atoms with Gasteiger partial charge in [-0.1, -0.05) is 0 Å². The van der Waals surface area contributed by atoms with Gasteiger partial charge in [-0.3, -0.25) is 9.69 Å². The first-order valence-corrected chi connectivity index (χ1v) is 7.41. The molecule has 4 heteroatoms. The van der Waals surface area contributed by atoms with Crippen LogP contribution < -0.4 is 0 Å². The molecule has 2 saturated heterocycles. The van der Waals surface area contributed by atoms with Gasteiger partial charge in [0, 0.05) is 30.7 Å². The topological polar surface area (TPSA) is 43.8 Å². The molecule has 2 heterocycles. The zero-order valence-electron chi connectivity index (χ0n) is 12.2. The van der Waals surface area contributed by atoms with Gasteiger partial charge in [-0.25, -0.2) is 0 Å². The largest absolute Gasteiger partial charge is 0.508 e. The number of piperazine rings is 1. The van der Waals surface area contributed by atoms with Crippen molar-refractivity contribution in [2.75, 3.05) is 19.6 Å². The van der Waals surface area contributed by atoms with E-state index in [4.69, 9.17) is 0 Å². The standard InChI is InChI=1S/C16H22N2O2/c1-11-8-13(5-6-15(11)19)16(20)18-10-14-4-3-7-17(14)9-12(18)2/h5-6,8,12,14,19H,3-4,7,9-10H2,1-2H3. The maximum Gasteiger partial charge on any atom is 0.254 e. The van der Waals surface area contributed by atoms with Crippen molar-refractivity contribution in [3.05, 3.63) is 29.3 Å². The van der Waals surface area contributed by atoms with Crippen molar-refractivity contribution in [1.29, 1.82) is 0 Å². The van der Waals surface area contributed by atoms with Crippen LogP contribution in [-0.4, -0.2) is 52.5 Å². The molecule has 2 unspecified atom stereocenters. The molecule has 0 radical (unpaired) electrons. The number of fused-ring (bicyclic) bond motifs is 1. The van der Waals surface area contributed by atoms with Crippen LogP contribution in [0.25, 0.3) is 0 Å². The van der Waals surface area contributed by atoms with E-state index in [1.807, 2.05) is 11.8 Å². The summed E-state index contributed by atoms with van der Waals surface area (Å²) in [5.41, 5.74) is 1.43. The Kier molecular flexibility index (Phi) is 3.42. The molecule has 3 rings (SSSR count). The van der Waals surface area contributed by atoms with Crippen LogP contribution in [0, 0.1) is 6.92 Å². The van der Waals surface area contributed by atoms with Crippen molar-refractivity contribution < 1.29 is 9.90 Å². The third kappa shape index (κ3) is 2.29. The zero-order valence-corrected chi connectivity index (χ0v) is 12.2. The second-order valence-corrected chi connectivity index (χ2v) is 6.10. The molecule has 0 aliphatic carbocycles. The minimum atomic E-state index is 0.0900. The van der Waals surface area contributed by atoms with Crippen molar-refractivity contribution >= 4 is 5.91 Å². The number of phenols is 1. The molecule has 2 fully saturated rings. The highest BCUT2D eigenvalue weighted by molar-refractivity contribution is 5.95. The molecule has 20 heavy (non-hydrogen) atoms. The fourth-order valence-corrected chi connectivity index (χ4v) is 3.42. The molecular weight excluding hydrogens is 252 g/mol. The summed E-state index contributed by atoms with van der Waals surface area (Å²) in [7, 11) is 0. The monoisotopic (exact) mass is 274 g/mol. The molecule has 1 aromatic carbocycles. The van der Waals surface area contributed by atoms with Gasteiger partial charge in [0.1, 0.15) is 5.75 Å². The molecule has 1 amide bonds. The van der Waals surface area contributed by atoms with Crippen LogP contribution in [0.3, 0.4) is 0 Å². The second kappa shape index (κ2) is 5.09. The number of hydrogen-bond donors (Lipinski definition) is 1. The van der Waals surface area contributed by atoms with E-state index in [9.17, 15) is 9.90 Å². The van der Waals surface area contributed by atoms with E-state index >= 15 is 0 Å². The van der Waals surface area contributed by atoms with Gasteiger partial charge < -0.3 is 10.0 Å². The lowest BCUT2D eigenvalue weighted by Crippen LogP contribution is -2.56. The van der Waals surface area contributed by atoms with Crippen molar-refractivity contribution in [3.8, 4) is 5.75 Å². The zero-order chi connectivity index (χ0) is 14.3. The Morgan fingerprint density at radius 3 is 2.90 bits per heavy atom. The number of amides is 1. The number of aryl methyl sites for hydroxylation is 1. The average molecular weight is 274 g/mol. The van der Waals surface area contributed by atoms with Crippen molar-refractivity contribution in [1.82, 2.24) is 9.80 Å². The Bertz CT molecular complexity index is 529. The summed E-state index contributed by atoms with van der Waals surface area (Å²) in [5, 5.41) is 9.58. The number of hydrogen-bond acceptors (Lipinski definition) is 3. The predicted molar refractivity (Wildman–Crippen MR) is 77.9 cm³/mol. The van der Waals surface area contributed by atoms with Gasteiger partial charge in [0.15, 0.2) is 0 Å². The first-order chi connectivity index (χ1) is 9.56. The Labute approximate surface area is 120 Å². The first kappa shape index (κ1) is 13.4. The Hall–Kier alpha value is -1.55. The molecule has 2 aliphatic heterocycles. The Morgan fingerprint density at radius 1 is 1.35 bits per heavy atom. The predicted octanol–water partition coefficient (Wildman–Crippen LogP) is 2.01. The lowest BCUT2D eigenvalue weighted by atomic mass is 10.0. The van der Waals surface area contributed by atoms with E-state index in [1.54, 1.807) is 18.2 Å². The summed E-state index contributed by atoms with van der Waals surface area (Å²) in [5.74, 6) is 0.336. The van der Waals surface area contributed by atoms with Crippen LogP contribution in [0.4, 0.5) is 0 Å². The number of nitrogens with zero attached hydrogens (tertiary/aromatic N) is 2. The van der Waals surface area contributed by atoms with Gasteiger partial charge in [0.25, 0.3) is 5.91 Å². The van der Waals surface area contributed by atoms with Crippen LogP contribution in [-0.2, 0) is 0 Å². The number of carbonyl (C=O) groups is 1. The van der Waals surface area contributed by atoms with E-state index in [1.165, 1.54) is 19.4 Å². The highest BCUT2D eigenvalue weighted by atomic mass is 16.3. The molecule has 1 aromatic rings. The maximum absolute atomic E-state index is 12.7. The molecule has 0 bridgehead atoms. The lowest BCUT2D eigenvalue weighted by Gasteiger charge is -2.42. The summed E-state index contributed by atoms with van der Waals surface area (Å²) >= 11 is 0. The van der Waals surface area contributed by atoms with Crippen molar-refractivity contribution in [3.63, 3.8) is 0 Å². The van der Waals surface area contributed by atoms with Crippen LogP contribution in [0.1, 0.15) is 35.7 Å². The van der Waals surface area contributed by atoms with Gasteiger partial charge in [-0.15, -0.1) is 0 Å². The third-order valence-corrected chi connectivity index (χ3v) is 4.64. The molecular formula is C16H22N2O2. The van der Waals surface area contributed by atoms with Gasteiger partial charge >= 0.3 is 0 Å². The van der Waals surface area contributed by atoms with Crippen LogP contribution >= 0.6 is 0 Å². The first-order valence-electron chi connectivity index (χ1n) is 7.41. The number of benzene rings is 1. The Morgan fingerprint density at radius 2 is 2.15 bits per heavy atom. The third-order valence-electron chi connectivity index (χ3n) is 4.64. The van der Waals surface area contributed by atoms with Crippen LogP contribution in [0.5, 0.6) is 5.75 Å². The van der Waals surface area contributed by atoms with E-state index in [0.717, 1.165) is 18.7 Å². The number of carbonyl (C=O) groups excluding carboxylic acids is 1. The highest BCUT2D eigenvalue weighted by Gasteiger charge is 2.36. The average Bonchev–Trinajstić information content (AvgIpc) is 2.87. The van der Waals surface area contributed by atoms with Gasteiger partial charge in [-0.2, -0.15) is 0 Å². The summed E-state index contributed by atoms with van der Waals surface area (Å²) in [4.78, 5) is 17.2. The molecule has 108 valence electrons. The van der Waals surface area contributed by atoms with E-state index in [-0.39, 0.29) is 17.7 Å². The minimum absolute atomic E-state index is 0.0900. The van der Waals surface area contributed by atoms with Crippen LogP contribution in [0.2, 0.25) is 0 Å². The highest BCUT2D eigenvalue weighted by Crippen LogP contribution is 2.26. The maximum atomic E-state index is 12.7. The summed E-state index contributed by atoms with van der Waals surface area (Å²) in [6, 6.07) is 5.90. The quantitative estimate of drug-likeness (QED) is 0.852. The number of rotatable bonds is 1. The molecule has 0 spiro atoms. The van der Waals surface area contributed by atoms with E-state index in [0.29, 0.717) is 11.6 Å². The minimum Gasteiger partial charge on any atom is -0.508 e. The smallest absolute Gasteiger partial charge is 0.254 e. The van der Waals surface area contributed by atoms with Gasteiger partial charge in [0.05, 0.1) is 0 Å². The molecule has 0 aromatic heterocycles. The van der Waals surface area contributed by atoms with Gasteiger partial charge in [0.2, 0.25) is 0 Å². The molecule has 2 atom stereocenters. The number of aromatic hydroxyl groups is 1. The molecule has 2 aliphatic rings. The van der Waals surface area contributed by atoms with Crippen molar-refractivity contribution in [2.24, 2.45) is 0 Å². The number of phenolic OH excluding ortho intramolecular Hbond substituents is 1. The Balaban J connectivity index is 1.80. The summed E-state index contributed by atoms with van der Waals surface area (Å²) in [6.07, 6.45) is 2.45. The second-order valence-electron chi connectivity index (χ2n) is 6.10. The summed E-state index contributed by atoms with van der Waals surface area (Å²) < 4.78 is 0. The van der Waals surface area contributed by atoms with Crippen LogP contribution in [0.15, 0.2) is 18.2 Å². The molecule has 4 nitrogen and oxygen atoms in total. The van der Waals surface area contributed by atoms with Gasteiger partial charge in [-0.05, 0) is 57.0 Å². The summed E-state index contributed by atoms with van der Waals surface area (Å²) in [6.45, 7) is 6.94. The SMILES string of the molecule is Cc1cc(C(=O)N2CC3CCCN3CC2C)ccc1O. The normalized spacial score (nSPS) is 26.6. The molecule has 1 N–H and O–H groups in total. The van der Waals surface area contributed by atoms with Crippen molar-refractivity contribution in [2.45, 2.75) is 38.8 Å².